The lowest BCUT2D eigenvalue weighted by atomic mass is 10.2. The molecule has 0 aliphatic rings. The van der Waals surface area contributed by atoms with Gasteiger partial charge in [0.15, 0.2) is 11.5 Å². The molecule has 0 aromatic heterocycles. The molecule has 0 heterocycles. The van der Waals surface area contributed by atoms with E-state index in [2.05, 4.69) is 14.2 Å². The van der Waals surface area contributed by atoms with Gasteiger partial charge in [0.25, 0.3) is 0 Å². The Hall–Kier alpha value is -2.46. The molecule has 1 rings (SSSR count). The lowest BCUT2D eigenvalue weighted by molar-refractivity contribution is -0.201. The number of carbonyl (C=O) groups excluding carboxylic acids is 2. The van der Waals surface area contributed by atoms with Crippen LogP contribution in [0.25, 0.3) is 0 Å². The van der Waals surface area contributed by atoms with Gasteiger partial charge in [-0.1, -0.05) is 6.07 Å². The van der Waals surface area contributed by atoms with Crippen molar-refractivity contribution in [2.45, 2.75) is 19.0 Å². The molecule has 0 unspecified atom stereocenters. The summed E-state index contributed by atoms with van der Waals surface area (Å²) in [6.07, 6.45) is -10.4. The summed E-state index contributed by atoms with van der Waals surface area (Å²) in [6, 6.07) is 2.83. The summed E-state index contributed by atoms with van der Waals surface area (Å²) >= 11 is 0. The van der Waals surface area contributed by atoms with Crippen molar-refractivity contribution < 1.29 is 50.1 Å². The second-order valence-corrected chi connectivity index (χ2v) is 3.95. The predicted octanol–water partition coefficient (Wildman–Crippen LogP) is 2.77. The van der Waals surface area contributed by atoms with Crippen molar-refractivity contribution in [2.75, 3.05) is 7.11 Å². The van der Waals surface area contributed by atoms with Crippen LogP contribution in [-0.4, -0.2) is 31.4 Å². The zero-order valence-electron chi connectivity index (χ0n) is 11.2. The molecule has 1 aromatic rings. The molecular formula is C12H8F6O5. The Bertz CT molecular complexity index is 593. The quantitative estimate of drug-likeness (QED) is 0.477. The van der Waals surface area contributed by atoms with Crippen LogP contribution >= 0.6 is 0 Å². The highest BCUT2D eigenvalue weighted by Gasteiger charge is 2.42. The van der Waals surface area contributed by atoms with Gasteiger partial charge in [-0.25, -0.2) is 9.59 Å². The molecule has 5 nitrogen and oxygen atoms in total. The standard InChI is InChI=1S/C12H8F6O5/c1-21-8-4-6(5-22-9(19)11(13,14)15)2-3-7(8)23-10(20)12(16,17)18/h2-4H,5H2,1H3. The molecule has 0 fully saturated rings. The Morgan fingerprint density at radius 3 is 2.00 bits per heavy atom. The van der Waals surface area contributed by atoms with Crippen molar-refractivity contribution in [1.29, 1.82) is 0 Å². The van der Waals surface area contributed by atoms with Crippen LogP contribution in [0.3, 0.4) is 0 Å². The fourth-order valence-electron chi connectivity index (χ4n) is 1.27. The van der Waals surface area contributed by atoms with Gasteiger partial charge in [0.2, 0.25) is 0 Å². The molecule has 0 bridgehead atoms. The van der Waals surface area contributed by atoms with Gasteiger partial charge in [-0.15, -0.1) is 0 Å². The Morgan fingerprint density at radius 1 is 0.957 bits per heavy atom. The minimum atomic E-state index is -5.23. The van der Waals surface area contributed by atoms with Gasteiger partial charge in [-0.05, 0) is 17.7 Å². The number of hydrogen-bond donors (Lipinski definition) is 0. The molecular weight excluding hydrogens is 338 g/mol. The largest absolute Gasteiger partial charge is 0.493 e. The number of halogens is 6. The van der Waals surface area contributed by atoms with E-state index in [4.69, 9.17) is 0 Å². The summed E-state index contributed by atoms with van der Waals surface area (Å²) < 4.78 is 84.8. The first kappa shape index (κ1) is 18.6. The van der Waals surface area contributed by atoms with E-state index in [0.717, 1.165) is 25.3 Å². The lowest BCUT2D eigenvalue weighted by Crippen LogP contribution is -2.28. The third-order valence-corrected chi connectivity index (χ3v) is 2.26. The smallest absolute Gasteiger partial charge is 0.491 e. The summed E-state index contributed by atoms with van der Waals surface area (Å²) in [5.41, 5.74) is -0.0220. The van der Waals surface area contributed by atoms with Gasteiger partial charge in [0.05, 0.1) is 7.11 Å². The molecule has 1 aromatic carbocycles. The Labute approximate surface area is 124 Å². The van der Waals surface area contributed by atoms with E-state index in [1.807, 2.05) is 0 Å². The summed E-state index contributed by atoms with van der Waals surface area (Å²) in [7, 11) is 1.03. The predicted molar refractivity (Wildman–Crippen MR) is 60.5 cm³/mol. The van der Waals surface area contributed by atoms with Crippen LogP contribution in [0.1, 0.15) is 5.56 Å². The fourth-order valence-corrected chi connectivity index (χ4v) is 1.27. The van der Waals surface area contributed by atoms with Gasteiger partial charge < -0.3 is 14.2 Å². The molecule has 0 N–H and O–H groups in total. The molecule has 128 valence electrons. The first-order valence-electron chi connectivity index (χ1n) is 5.65. The molecule has 0 spiro atoms. The zero-order chi connectivity index (χ0) is 17.8. The summed E-state index contributed by atoms with van der Waals surface area (Å²) in [5.74, 6) is -5.88. The van der Waals surface area contributed by atoms with Gasteiger partial charge in [0.1, 0.15) is 6.61 Å². The lowest BCUT2D eigenvalue weighted by Gasteiger charge is -2.12. The van der Waals surface area contributed by atoms with Crippen LogP contribution in [0.15, 0.2) is 18.2 Å². The van der Waals surface area contributed by atoms with Crippen molar-refractivity contribution in [3.8, 4) is 11.5 Å². The minimum absolute atomic E-state index is 0.0220. The van der Waals surface area contributed by atoms with Gasteiger partial charge in [-0.2, -0.15) is 26.3 Å². The number of alkyl halides is 6. The van der Waals surface area contributed by atoms with Crippen LogP contribution < -0.4 is 9.47 Å². The second kappa shape index (κ2) is 6.75. The highest BCUT2D eigenvalue weighted by molar-refractivity contribution is 5.79. The van der Waals surface area contributed by atoms with E-state index in [1.165, 1.54) is 0 Å². The third-order valence-electron chi connectivity index (χ3n) is 2.26. The highest BCUT2D eigenvalue weighted by Crippen LogP contribution is 2.30. The molecule has 0 aliphatic carbocycles. The third kappa shape index (κ3) is 5.34. The molecule has 23 heavy (non-hydrogen) atoms. The average Bonchev–Trinajstić information content (AvgIpc) is 2.43. The van der Waals surface area contributed by atoms with E-state index in [1.54, 1.807) is 0 Å². The van der Waals surface area contributed by atoms with Crippen molar-refractivity contribution in [3.05, 3.63) is 23.8 Å². The molecule has 0 aliphatic heterocycles. The van der Waals surface area contributed by atoms with Crippen LogP contribution in [0, 0.1) is 0 Å². The number of carbonyl (C=O) groups is 2. The maximum absolute atomic E-state index is 12.1. The SMILES string of the molecule is COc1cc(COC(=O)C(F)(F)F)ccc1OC(=O)C(F)(F)F. The van der Waals surface area contributed by atoms with E-state index in [-0.39, 0.29) is 11.3 Å². The zero-order valence-corrected chi connectivity index (χ0v) is 11.2. The highest BCUT2D eigenvalue weighted by atomic mass is 19.4. The molecule has 0 saturated carbocycles. The number of rotatable bonds is 4. The minimum Gasteiger partial charge on any atom is -0.493 e. The van der Waals surface area contributed by atoms with E-state index < -0.39 is 36.6 Å². The average molecular weight is 346 g/mol. The Morgan fingerprint density at radius 2 is 1.52 bits per heavy atom. The first-order chi connectivity index (χ1) is 10.4. The first-order valence-corrected chi connectivity index (χ1v) is 5.65. The van der Waals surface area contributed by atoms with Crippen molar-refractivity contribution in [3.63, 3.8) is 0 Å². The topological polar surface area (TPSA) is 61.8 Å². The number of esters is 2. The van der Waals surface area contributed by atoms with Gasteiger partial charge in [-0.3, -0.25) is 0 Å². The molecule has 11 heteroatoms. The van der Waals surface area contributed by atoms with E-state index in [0.29, 0.717) is 0 Å². The van der Waals surface area contributed by atoms with Crippen LogP contribution in [0.5, 0.6) is 11.5 Å². The number of ether oxygens (including phenoxy) is 3. The molecule has 0 radical (unpaired) electrons. The van der Waals surface area contributed by atoms with E-state index in [9.17, 15) is 35.9 Å². The number of benzene rings is 1. The summed E-state index contributed by atoms with van der Waals surface area (Å²) in [6.45, 7) is -0.803. The van der Waals surface area contributed by atoms with Gasteiger partial charge >= 0.3 is 24.3 Å². The Balaban J connectivity index is 2.84. The molecule has 0 saturated heterocycles. The fraction of sp³-hybridized carbons (Fsp3) is 0.333. The molecule has 0 atom stereocenters. The number of methoxy groups -OCH3 is 1. The maximum Gasteiger partial charge on any atom is 0.491 e. The maximum atomic E-state index is 12.1. The Kier molecular flexibility index (Phi) is 5.46. The summed E-state index contributed by atoms with van der Waals surface area (Å²) in [4.78, 5) is 21.3. The molecule has 0 amide bonds. The van der Waals surface area contributed by atoms with Crippen molar-refractivity contribution in [1.82, 2.24) is 0 Å². The van der Waals surface area contributed by atoms with Crippen LogP contribution in [0.2, 0.25) is 0 Å². The monoisotopic (exact) mass is 346 g/mol. The van der Waals surface area contributed by atoms with Crippen molar-refractivity contribution >= 4 is 11.9 Å². The van der Waals surface area contributed by atoms with Gasteiger partial charge in [0, 0.05) is 0 Å². The van der Waals surface area contributed by atoms with Crippen molar-refractivity contribution in [2.24, 2.45) is 0 Å². The number of hydrogen-bond acceptors (Lipinski definition) is 5. The van der Waals surface area contributed by atoms with Crippen LogP contribution in [0.4, 0.5) is 26.3 Å². The van der Waals surface area contributed by atoms with Crippen LogP contribution in [-0.2, 0) is 20.9 Å². The summed E-state index contributed by atoms with van der Waals surface area (Å²) in [5, 5.41) is 0. The second-order valence-electron chi connectivity index (χ2n) is 3.95. The van der Waals surface area contributed by atoms with E-state index >= 15 is 0 Å². The normalized spacial score (nSPS) is 11.8.